The molecule has 1 aliphatic carbocycles. The standard InChI is InChI=1S/C14H24N2O3.C2HF3O2/c1-15-6-10(7-19-2)5-14(15)8-16(9-14)13(18)11-3-12(17)4-11;3-2(4,5)1(6)7/h10-12,17H,3-9H2,1-2H3;(H,6,7). The third-order valence-electron chi connectivity index (χ3n) is 5.40. The normalized spacial score (nSPS) is 30.2. The molecule has 2 N–H and O–H groups in total. The summed E-state index contributed by atoms with van der Waals surface area (Å²) >= 11 is 0. The molecule has 0 aromatic heterocycles. The number of halogens is 3. The molecule has 0 radical (unpaired) electrons. The quantitative estimate of drug-likeness (QED) is 0.742. The van der Waals surface area contributed by atoms with Gasteiger partial charge in [0, 0.05) is 32.7 Å². The van der Waals surface area contributed by atoms with Crippen molar-refractivity contribution in [3.05, 3.63) is 0 Å². The van der Waals surface area contributed by atoms with Crippen molar-refractivity contribution in [3.63, 3.8) is 0 Å². The van der Waals surface area contributed by atoms with Gasteiger partial charge >= 0.3 is 12.1 Å². The Kier molecular flexibility index (Phi) is 6.19. The van der Waals surface area contributed by atoms with Crippen LogP contribution in [0.1, 0.15) is 19.3 Å². The molecule has 2 saturated heterocycles. The fourth-order valence-corrected chi connectivity index (χ4v) is 3.92. The van der Waals surface area contributed by atoms with Crippen LogP contribution in [-0.2, 0) is 14.3 Å². The Morgan fingerprint density at radius 3 is 2.23 bits per heavy atom. The van der Waals surface area contributed by atoms with Crippen LogP contribution in [0, 0.1) is 11.8 Å². The zero-order chi connectivity index (χ0) is 19.7. The number of nitrogens with zero attached hydrogens (tertiary/aromatic N) is 2. The van der Waals surface area contributed by atoms with Crippen LogP contribution in [0.2, 0.25) is 0 Å². The van der Waals surface area contributed by atoms with Gasteiger partial charge in [-0.25, -0.2) is 4.79 Å². The van der Waals surface area contributed by atoms with Gasteiger partial charge in [-0.1, -0.05) is 0 Å². The van der Waals surface area contributed by atoms with Gasteiger partial charge in [0.15, 0.2) is 0 Å². The minimum absolute atomic E-state index is 0.0776. The predicted molar refractivity (Wildman–Crippen MR) is 84.3 cm³/mol. The van der Waals surface area contributed by atoms with Crippen LogP contribution in [0.3, 0.4) is 0 Å². The summed E-state index contributed by atoms with van der Waals surface area (Å²) < 4.78 is 37.0. The van der Waals surface area contributed by atoms with Crippen LogP contribution in [0.25, 0.3) is 0 Å². The first kappa shape index (κ1) is 20.9. The Morgan fingerprint density at radius 2 is 1.81 bits per heavy atom. The van der Waals surface area contributed by atoms with Gasteiger partial charge in [0.1, 0.15) is 0 Å². The molecule has 0 aromatic rings. The van der Waals surface area contributed by atoms with E-state index < -0.39 is 12.1 Å². The molecule has 10 heteroatoms. The van der Waals surface area contributed by atoms with Gasteiger partial charge in [0.2, 0.25) is 5.91 Å². The number of likely N-dealkylation sites (N-methyl/N-ethyl adjacent to an activating group) is 1. The maximum atomic E-state index is 12.2. The minimum atomic E-state index is -5.08. The number of ether oxygens (including phenoxy) is 1. The number of amides is 1. The lowest BCUT2D eigenvalue weighted by molar-refractivity contribution is -0.192. The van der Waals surface area contributed by atoms with E-state index in [2.05, 4.69) is 11.9 Å². The van der Waals surface area contributed by atoms with Crippen molar-refractivity contribution in [2.24, 2.45) is 11.8 Å². The molecule has 3 rings (SSSR count). The average Bonchev–Trinajstić information content (AvgIpc) is 2.78. The van der Waals surface area contributed by atoms with E-state index in [1.807, 2.05) is 4.90 Å². The first-order valence-electron chi connectivity index (χ1n) is 8.45. The summed E-state index contributed by atoms with van der Waals surface area (Å²) in [5, 5.41) is 16.4. The molecule has 3 aliphatic rings. The van der Waals surface area contributed by atoms with Crippen LogP contribution in [0.5, 0.6) is 0 Å². The Labute approximate surface area is 149 Å². The largest absolute Gasteiger partial charge is 0.490 e. The molecule has 150 valence electrons. The molecule has 1 unspecified atom stereocenters. The molecule has 26 heavy (non-hydrogen) atoms. The number of likely N-dealkylation sites (tertiary alicyclic amines) is 2. The van der Waals surface area contributed by atoms with E-state index in [1.165, 1.54) is 0 Å². The molecule has 3 fully saturated rings. The highest BCUT2D eigenvalue weighted by Gasteiger charge is 2.54. The molecule has 1 amide bonds. The van der Waals surface area contributed by atoms with E-state index in [0.29, 0.717) is 18.8 Å². The molecule has 7 nitrogen and oxygen atoms in total. The lowest BCUT2D eigenvalue weighted by atomic mass is 9.78. The molecule has 0 bridgehead atoms. The van der Waals surface area contributed by atoms with E-state index in [9.17, 15) is 23.1 Å². The lowest BCUT2D eigenvalue weighted by Gasteiger charge is -2.53. The van der Waals surface area contributed by atoms with Crippen molar-refractivity contribution < 1.29 is 37.7 Å². The number of carbonyl (C=O) groups is 2. The first-order chi connectivity index (χ1) is 12.0. The number of rotatable bonds is 3. The number of carbonyl (C=O) groups excluding carboxylic acids is 1. The summed E-state index contributed by atoms with van der Waals surface area (Å²) in [6.07, 6.45) is -2.88. The maximum absolute atomic E-state index is 12.2. The van der Waals surface area contributed by atoms with Crippen LogP contribution < -0.4 is 0 Å². The molecule has 0 aromatic carbocycles. The van der Waals surface area contributed by atoms with Gasteiger partial charge in [0.05, 0.1) is 18.2 Å². The Bertz CT molecular complexity index is 530. The average molecular weight is 382 g/mol. The van der Waals surface area contributed by atoms with Crippen molar-refractivity contribution >= 4 is 11.9 Å². The summed E-state index contributed by atoms with van der Waals surface area (Å²) in [5.41, 5.74) is 0.196. The second-order valence-electron chi connectivity index (χ2n) is 7.45. The Morgan fingerprint density at radius 1 is 1.27 bits per heavy atom. The van der Waals surface area contributed by atoms with Crippen molar-refractivity contribution in [2.45, 2.75) is 37.1 Å². The molecule has 1 saturated carbocycles. The van der Waals surface area contributed by atoms with Gasteiger partial charge < -0.3 is 19.8 Å². The molecule has 1 spiro atoms. The summed E-state index contributed by atoms with van der Waals surface area (Å²) in [6, 6.07) is 0. The highest BCUT2D eigenvalue weighted by Crippen LogP contribution is 2.41. The van der Waals surface area contributed by atoms with E-state index in [-0.39, 0.29) is 23.5 Å². The first-order valence-corrected chi connectivity index (χ1v) is 8.45. The van der Waals surface area contributed by atoms with E-state index >= 15 is 0 Å². The number of carboxylic acid groups (broad SMARTS) is 1. The number of aliphatic carboxylic acids is 1. The highest BCUT2D eigenvalue weighted by molar-refractivity contribution is 5.81. The maximum Gasteiger partial charge on any atom is 0.490 e. The SMILES string of the molecule is COCC1CN(C)C2(C1)CN(C(=O)C1CC(O)C1)C2.O=C(O)C(F)(F)F. The van der Waals surface area contributed by atoms with Crippen molar-refractivity contribution in [2.75, 3.05) is 40.4 Å². The lowest BCUT2D eigenvalue weighted by Crippen LogP contribution is -2.69. The topological polar surface area (TPSA) is 90.3 Å². The number of methoxy groups -OCH3 is 1. The van der Waals surface area contributed by atoms with E-state index in [0.717, 1.165) is 32.7 Å². The van der Waals surface area contributed by atoms with E-state index in [1.54, 1.807) is 7.11 Å². The van der Waals surface area contributed by atoms with Crippen LogP contribution >= 0.6 is 0 Å². The number of hydrogen-bond acceptors (Lipinski definition) is 5. The zero-order valence-electron chi connectivity index (χ0n) is 14.8. The van der Waals surface area contributed by atoms with Gasteiger partial charge in [-0.3, -0.25) is 9.69 Å². The molecule has 2 heterocycles. The Balaban J connectivity index is 0.000000298. The number of hydrogen-bond donors (Lipinski definition) is 2. The summed E-state index contributed by atoms with van der Waals surface area (Å²) in [5.74, 6) is -1.83. The number of aliphatic hydroxyl groups excluding tert-OH is 1. The van der Waals surface area contributed by atoms with E-state index in [4.69, 9.17) is 14.6 Å². The number of alkyl halides is 3. The molecule has 2 aliphatic heterocycles. The minimum Gasteiger partial charge on any atom is -0.475 e. The van der Waals surface area contributed by atoms with Crippen LogP contribution in [0.15, 0.2) is 0 Å². The van der Waals surface area contributed by atoms with Crippen LogP contribution in [0.4, 0.5) is 13.2 Å². The van der Waals surface area contributed by atoms with Crippen molar-refractivity contribution in [1.29, 1.82) is 0 Å². The second kappa shape index (κ2) is 7.69. The van der Waals surface area contributed by atoms with Crippen molar-refractivity contribution in [3.8, 4) is 0 Å². The molecular weight excluding hydrogens is 357 g/mol. The summed E-state index contributed by atoms with van der Waals surface area (Å²) in [6.45, 7) is 3.59. The summed E-state index contributed by atoms with van der Waals surface area (Å²) in [7, 11) is 3.91. The summed E-state index contributed by atoms with van der Waals surface area (Å²) in [4.78, 5) is 25.4. The smallest absolute Gasteiger partial charge is 0.475 e. The fraction of sp³-hybridized carbons (Fsp3) is 0.875. The van der Waals surface area contributed by atoms with Gasteiger partial charge in [0.25, 0.3) is 0 Å². The molecular formula is C16H25F3N2O5. The Hall–Kier alpha value is -1.39. The zero-order valence-corrected chi connectivity index (χ0v) is 14.8. The van der Waals surface area contributed by atoms with Gasteiger partial charge in [-0.2, -0.15) is 13.2 Å². The van der Waals surface area contributed by atoms with Crippen molar-refractivity contribution in [1.82, 2.24) is 9.80 Å². The van der Waals surface area contributed by atoms with Gasteiger partial charge in [-0.05, 0) is 32.2 Å². The fourth-order valence-electron chi connectivity index (χ4n) is 3.92. The third-order valence-corrected chi connectivity index (χ3v) is 5.40. The third kappa shape index (κ3) is 4.47. The monoisotopic (exact) mass is 382 g/mol. The highest BCUT2D eigenvalue weighted by atomic mass is 19.4. The number of carboxylic acids is 1. The number of aliphatic hydroxyl groups is 1. The predicted octanol–water partition coefficient (Wildman–Crippen LogP) is 0.570. The van der Waals surface area contributed by atoms with Crippen LogP contribution in [-0.4, -0.2) is 90.1 Å². The van der Waals surface area contributed by atoms with Gasteiger partial charge in [-0.15, -0.1) is 0 Å². The molecule has 1 atom stereocenters. The second-order valence-corrected chi connectivity index (χ2v) is 7.45.